The minimum absolute atomic E-state index is 0.158. The number of rotatable bonds is 7. The smallest absolute Gasteiger partial charge is 0.241 e. The maximum absolute atomic E-state index is 12.7. The molecule has 0 radical (unpaired) electrons. The lowest BCUT2D eigenvalue weighted by molar-refractivity contribution is -0.120. The van der Waals surface area contributed by atoms with Crippen molar-refractivity contribution in [1.82, 2.24) is 5.32 Å². The second kappa shape index (κ2) is 8.78. The van der Waals surface area contributed by atoms with E-state index in [1.807, 2.05) is 52.8 Å². The fourth-order valence-electron chi connectivity index (χ4n) is 3.27. The van der Waals surface area contributed by atoms with Crippen molar-refractivity contribution in [2.45, 2.75) is 47.1 Å². The van der Waals surface area contributed by atoms with Gasteiger partial charge in [0.15, 0.2) is 0 Å². The highest BCUT2D eigenvalue weighted by Crippen LogP contribution is 2.23. The van der Waals surface area contributed by atoms with Gasteiger partial charge >= 0.3 is 0 Å². The Labute approximate surface area is 168 Å². The molecule has 0 aliphatic carbocycles. The topological polar surface area (TPSA) is 66.5 Å². The van der Waals surface area contributed by atoms with Crippen LogP contribution in [0.5, 0.6) is 0 Å². The summed E-state index contributed by atoms with van der Waals surface area (Å²) < 4.78 is 25.8. The molecule has 1 N–H and O–H groups in total. The quantitative estimate of drug-likeness (QED) is 0.762. The third-order valence-electron chi connectivity index (χ3n) is 5.01. The first-order valence-electron chi connectivity index (χ1n) is 9.44. The summed E-state index contributed by atoms with van der Waals surface area (Å²) in [5, 5.41) is 3.00. The molecule has 0 bridgehead atoms. The number of sulfonamides is 1. The molecule has 0 aromatic heterocycles. The molecular weight excluding hydrogens is 372 g/mol. The summed E-state index contributed by atoms with van der Waals surface area (Å²) in [5.74, 6) is -0.324. The predicted molar refractivity (Wildman–Crippen MR) is 115 cm³/mol. The lowest BCUT2D eigenvalue weighted by atomic mass is 9.97. The molecular formula is C22H30N2O3S. The molecule has 0 heterocycles. The van der Waals surface area contributed by atoms with Crippen molar-refractivity contribution in [3.63, 3.8) is 0 Å². The van der Waals surface area contributed by atoms with Crippen molar-refractivity contribution in [3.8, 4) is 0 Å². The number of nitrogens with zero attached hydrogens (tertiary/aromatic N) is 1. The molecule has 0 spiro atoms. The molecule has 2 aromatic carbocycles. The van der Waals surface area contributed by atoms with Crippen LogP contribution in [-0.2, 0) is 14.8 Å². The standard InChI is InChI=1S/C22H30N2O3S/c1-7-21(20-11-8-15(2)12-18(20)5)23-22(25)14-24(28(6,26)27)19-10-9-16(3)17(4)13-19/h8-13,21H,7,14H2,1-6H3,(H,23,25)/t21-/m0/s1. The van der Waals surface area contributed by atoms with Crippen LogP contribution < -0.4 is 9.62 Å². The van der Waals surface area contributed by atoms with Gasteiger partial charge in [-0.25, -0.2) is 8.42 Å². The summed E-state index contributed by atoms with van der Waals surface area (Å²) in [6, 6.07) is 11.4. The van der Waals surface area contributed by atoms with Crippen LogP contribution in [0.1, 0.15) is 47.2 Å². The van der Waals surface area contributed by atoms with E-state index in [2.05, 4.69) is 11.4 Å². The van der Waals surface area contributed by atoms with Crippen molar-refractivity contribution >= 4 is 21.6 Å². The first-order valence-corrected chi connectivity index (χ1v) is 11.3. The number of hydrogen-bond acceptors (Lipinski definition) is 3. The number of anilines is 1. The largest absolute Gasteiger partial charge is 0.348 e. The fraction of sp³-hybridized carbons (Fsp3) is 0.409. The van der Waals surface area contributed by atoms with Gasteiger partial charge in [-0.2, -0.15) is 0 Å². The number of amides is 1. The minimum Gasteiger partial charge on any atom is -0.348 e. The van der Waals surface area contributed by atoms with E-state index in [9.17, 15) is 13.2 Å². The summed E-state index contributed by atoms with van der Waals surface area (Å²) in [6.45, 7) is 9.70. The number of aryl methyl sites for hydroxylation is 4. The van der Waals surface area contributed by atoms with Crippen LogP contribution in [0.3, 0.4) is 0 Å². The maximum atomic E-state index is 12.7. The van der Waals surface area contributed by atoms with Gasteiger partial charge in [0.1, 0.15) is 6.54 Å². The van der Waals surface area contributed by atoms with E-state index in [1.165, 1.54) is 5.56 Å². The average Bonchev–Trinajstić information content (AvgIpc) is 2.59. The molecule has 0 fully saturated rings. The Kier molecular flexibility index (Phi) is 6.88. The molecule has 1 amide bonds. The summed E-state index contributed by atoms with van der Waals surface area (Å²) in [4.78, 5) is 12.7. The average molecular weight is 403 g/mol. The number of carbonyl (C=O) groups excluding carboxylic acids is 1. The van der Waals surface area contributed by atoms with Crippen molar-refractivity contribution in [3.05, 3.63) is 64.2 Å². The summed E-state index contributed by atoms with van der Waals surface area (Å²) in [5.41, 5.74) is 5.89. The molecule has 2 rings (SSSR count). The van der Waals surface area contributed by atoms with E-state index in [-0.39, 0.29) is 18.5 Å². The third-order valence-corrected chi connectivity index (χ3v) is 6.15. The Bertz CT molecular complexity index is 968. The van der Waals surface area contributed by atoms with Crippen LogP contribution in [0.2, 0.25) is 0 Å². The Hall–Kier alpha value is -2.34. The molecule has 1 atom stereocenters. The SMILES string of the molecule is CC[C@H](NC(=O)CN(c1ccc(C)c(C)c1)S(C)(=O)=O)c1ccc(C)cc1C. The van der Waals surface area contributed by atoms with Gasteiger partial charge in [0, 0.05) is 0 Å². The first-order chi connectivity index (χ1) is 13.0. The Morgan fingerprint density at radius 2 is 1.68 bits per heavy atom. The van der Waals surface area contributed by atoms with Crippen molar-refractivity contribution in [2.24, 2.45) is 0 Å². The highest BCUT2D eigenvalue weighted by Gasteiger charge is 2.23. The Morgan fingerprint density at radius 3 is 2.21 bits per heavy atom. The van der Waals surface area contributed by atoms with Crippen LogP contribution in [-0.4, -0.2) is 27.1 Å². The number of benzene rings is 2. The molecule has 0 unspecified atom stereocenters. The second-order valence-electron chi connectivity index (χ2n) is 7.43. The van der Waals surface area contributed by atoms with Crippen molar-refractivity contribution in [1.29, 1.82) is 0 Å². The van der Waals surface area contributed by atoms with Gasteiger partial charge in [-0.3, -0.25) is 9.10 Å². The minimum atomic E-state index is -3.59. The lowest BCUT2D eigenvalue weighted by Crippen LogP contribution is -2.41. The number of hydrogen-bond donors (Lipinski definition) is 1. The third kappa shape index (κ3) is 5.35. The Morgan fingerprint density at radius 1 is 1.00 bits per heavy atom. The summed E-state index contributed by atoms with van der Waals surface area (Å²) in [6.07, 6.45) is 1.84. The van der Waals surface area contributed by atoms with E-state index >= 15 is 0 Å². The molecule has 6 heteroatoms. The van der Waals surface area contributed by atoms with E-state index in [0.717, 1.165) is 39.2 Å². The second-order valence-corrected chi connectivity index (χ2v) is 9.33. The van der Waals surface area contributed by atoms with Crippen LogP contribution in [0.25, 0.3) is 0 Å². The van der Waals surface area contributed by atoms with Gasteiger partial charge < -0.3 is 5.32 Å². The molecule has 0 aliphatic rings. The van der Waals surface area contributed by atoms with Gasteiger partial charge in [0.25, 0.3) is 0 Å². The molecule has 28 heavy (non-hydrogen) atoms. The van der Waals surface area contributed by atoms with Gasteiger partial charge in [-0.05, 0) is 68.5 Å². The summed E-state index contributed by atoms with van der Waals surface area (Å²) >= 11 is 0. The van der Waals surface area contributed by atoms with Crippen LogP contribution >= 0.6 is 0 Å². The zero-order valence-corrected chi connectivity index (χ0v) is 18.4. The molecule has 0 saturated heterocycles. The monoisotopic (exact) mass is 402 g/mol. The van der Waals surface area contributed by atoms with E-state index in [1.54, 1.807) is 12.1 Å². The zero-order valence-electron chi connectivity index (χ0n) is 17.5. The fourth-order valence-corrected chi connectivity index (χ4v) is 4.12. The van der Waals surface area contributed by atoms with Crippen molar-refractivity contribution in [2.75, 3.05) is 17.1 Å². The van der Waals surface area contributed by atoms with E-state index in [0.29, 0.717) is 5.69 Å². The number of carbonyl (C=O) groups is 1. The number of nitrogens with one attached hydrogen (secondary N) is 1. The highest BCUT2D eigenvalue weighted by molar-refractivity contribution is 7.92. The van der Waals surface area contributed by atoms with Gasteiger partial charge in [-0.15, -0.1) is 0 Å². The van der Waals surface area contributed by atoms with Crippen LogP contribution in [0.15, 0.2) is 36.4 Å². The van der Waals surface area contributed by atoms with Gasteiger partial charge in [0.2, 0.25) is 15.9 Å². The molecule has 152 valence electrons. The highest BCUT2D eigenvalue weighted by atomic mass is 32.2. The van der Waals surface area contributed by atoms with E-state index < -0.39 is 10.0 Å². The maximum Gasteiger partial charge on any atom is 0.241 e. The molecule has 0 aliphatic heterocycles. The van der Waals surface area contributed by atoms with Crippen molar-refractivity contribution < 1.29 is 13.2 Å². The van der Waals surface area contributed by atoms with E-state index in [4.69, 9.17) is 0 Å². The summed E-state index contributed by atoms with van der Waals surface area (Å²) in [7, 11) is -3.59. The van der Waals surface area contributed by atoms with Gasteiger partial charge in [-0.1, -0.05) is 36.8 Å². The first kappa shape index (κ1) is 22.0. The lowest BCUT2D eigenvalue weighted by Gasteiger charge is -2.25. The Balaban J connectivity index is 2.24. The van der Waals surface area contributed by atoms with Gasteiger partial charge in [0.05, 0.1) is 18.0 Å². The molecule has 0 saturated carbocycles. The molecule has 2 aromatic rings. The zero-order chi connectivity index (χ0) is 21.1. The van der Waals surface area contributed by atoms with Crippen LogP contribution in [0.4, 0.5) is 5.69 Å². The predicted octanol–water partition coefficient (Wildman–Crippen LogP) is 3.95. The normalized spacial score (nSPS) is 12.5. The van der Waals surface area contributed by atoms with Crippen LogP contribution in [0, 0.1) is 27.7 Å². The molecule has 5 nitrogen and oxygen atoms in total.